The van der Waals surface area contributed by atoms with Gasteiger partial charge in [0, 0.05) is 24.7 Å². The molecular formula is C19H24F2N4O3. The maximum absolute atomic E-state index is 14.1. The Labute approximate surface area is 162 Å². The van der Waals surface area contributed by atoms with Crippen molar-refractivity contribution in [1.29, 1.82) is 0 Å². The first kappa shape index (κ1) is 19.2. The second kappa shape index (κ2) is 7.73. The molecule has 3 heterocycles. The SMILES string of the molecule is CC1Cc2c(ccc(F)c2F)N1C(=O)CC1NC(=O)CC(N2CCOCC2)N1. The first-order valence-corrected chi connectivity index (χ1v) is 9.60. The van der Waals surface area contributed by atoms with Gasteiger partial charge in [-0.25, -0.2) is 8.78 Å². The molecule has 0 spiro atoms. The molecule has 0 bridgehead atoms. The van der Waals surface area contributed by atoms with Gasteiger partial charge in [0.25, 0.3) is 0 Å². The van der Waals surface area contributed by atoms with Gasteiger partial charge in [-0.15, -0.1) is 0 Å². The van der Waals surface area contributed by atoms with Gasteiger partial charge in [0.2, 0.25) is 11.8 Å². The summed E-state index contributed by atoms with van der Waals surface area (Å²) in [6.07, 6.45) is -0.0349. The lowest BCUT2D eigenvalue weighted by atomic mass is 10.1. The van der Waals surface area contributed by atoms with E-state index in [2.05, 4.69) is 15.5 Å². The second-order valence-corrected chi connectivity index (χ2v) is 7.54. The fraction of sp³-hybridized carbons (Fsp3) is 0.579. The highest BCUT2D eigenvalue weighted by Gasteiger charge is 2.37. The van der Waals surface area contributed by atoms with Crippen LogP contribution >= 0.6 is 0 Å². The van der Waals surface area contributed by atoms with Crippen molar-refractivity contribution in [2.24, 2.45) is 0 Å². The summed E-state index contributed by atoms with van der Waals surface area (Å²) >= 11 is 0. The molecule has 3 unspecified atom stereocenters. The zero-order valence-electron chi connectivity index (χ0n) is 15.7. The van der Waals surface area contributed by atoms with Crippen LogP contribution in [0, 0.1) is 11.6 Å². The van der Waals surface area contributed by atoms with Gasteiger partial charge in [-0.05, 0) is 25.5 Å². The van der Waals surface area contributed by atoms with Crippen molar-refractivity contribution < 1.29 is 23.1 Å². The molecule has 1 aromatic rings. The number of amides is 2. The van der Waals surface area contributed by atoms with Gasteiger partial charge >= 0.3 is 0 Å². The number of ether oxygens (including phenoxy) is 1. The minimum Gasteiger partial charge on any atom is -0.379 e. The lowest BCUT2D eigenvalue weighted by Gasteiger charge is -2.40. The van der Waals surface area contributed by atoms with Gasteiger partial charge < -0.3 is 15.0 Å². The monoisotopic (exact) mass is 394 g/mol. The molecule has 3 aliphatic rings. The Bertz CT molecular complexity index is 785. The number of carbonyl (C=O) groups excluding carboxylic acids is 2. The number of benzene rings is 1. The van der Waals surface area contributed by atoms with Crippen LogP contribution in [-0.2, 0) is 20.7 Å². The highest BCUT2D eigenvalue weighted by atomic mass is 19.2. The van der Waals surface area contributed by atoms with Crippen LogP contribution in [0.1, 0.15) is 25.3 Å². The summed E-state index contributed by atoms with van der Waals surface area (Å²) in [5.74, 6) is -2.15. The van der Waals surface area contributed by atoms with Crippen molar-refractivity contribution in [3.05, 3.63) is 29.3 Å². The number of carbonyl (C=O) groups is 2. The van der Waals surface area contributed by atoms with E-state index in [-0.39, 0.29) is 42.4 Å². The van der Waals surface area contributed by atoms with Crippen LogP contribution < -0.4 is 15.5 Å². The molecule has 152 valence electrons. The molecule has 1 aromatic carbocycles. The van der Waals surface area contributed by atoms with Crippen LogP contribution in [0.3, 0.4) is 0 Å². The lowest BCUT2D eigenvalue weighted by Crippen LogP contribution is -2.64. The number of fused-ring (bicyclic) bond motifs is 1. The Morgan fingerprint density at radius 3 is 2.75 bits per heavy atom. The van der Waals surface area contributed by atoms with Crippen LogP contribution in [0.2, 0.25) is 0 Å². The zero-order chi connectivity index (χ0) is 19.8. The van der Waals surface area contributed by atoms with Crippen molar-refractivity contribution in [3.63, 3.8) is 0 Å². The van der Waals surface area contributed by atoms with Crippen LogP contribution in [-0.4, -0.2) is 61.4 Å². The smallest absolute Gasteiger partial charge is 0.230 e. The number of hydrogen-bond acceptors (Lipinski definition) is 5. The van der Waals surface area contributed by atoms with Crippen molar-refractivity contribution in [2.45, 2.75) is 44.6 Å². The molecule has 3 atom stereocenters. The van der Waals surface area contributed by atoms with Crippen molar-refractivity contribution in [3.8, 4) is 0 Å². The van der Waals surface area contributed by atoms with E-state index < -0.39 is 17.8 Å². The van der Waals surface area contributed by atoms with E-state index in [0.29, 0.717) is 25.3 Å². The summed E-state index contributed by atoms with van der Waals surface area (Å²) in [7, 11) is 0. The number of nitrogens with one attached hydrogen (secondary N) is 2. The molecule has 0 aliphatic carbocycles. The Morgan fingerprint density at radius 1 is 1.25 bits per heavy atom. The van der Waals surface area contributed by atoms with Crippen molar-refractivity contribution >= 4 is 17.5 Å². The third-order valence-electron chi connectivity index (χ3n) is 5.61. The molecule has 0 radical (unpaired) electrons. The minimum absolute atomic E-state index is 0.0371. The fourth-order valence-electron chi connectivity index (χ4n) is 4.27. The fourth-order valence-corrected chi connectivity index (χ4v) is 4.27. The number of anilines is 1. The first-order valence-electron chi connectivity index (χ1n) is 9.60. The average Bonchev–Trinajstić information content (AvgIpc) is 3.02. The summed E-state index contributed by atoms with van der Waals surface area (Å²) in [6, 6.07) is 2.22. The van der Waals surface area contributed by atoms with E-state index in [1.165, 1.54) is 11.0 Å². The number of rotatable bonds is 3. The summed E-state index contributed by atoms with van der Waals surface area (Å²) in [6.45, 7) is 4.50. The third kappa shape index (κ3) is 3.61. The Balaban J connectivity index is 1.46. The van der Waals surface area contributed by atoms with Gasteiger partial charge in [-0.2, -0.15) is 0 Å². The van der Waals surface area contributed by atoms with E-state index >= 15 is 0 Å². The van der Waals surface area contributed by atoms with E-state index in [4.69, 9.17) is 4.74 Å². The molecular weight excluding hydrogens is 370 g/mol. The van der Waals surface area contributed by atoms with Gasteiger partial charge in [-0.3, -0.25) is 19.8 Å². The lowest BCUT2D eigenvalue weighted by molar-refractivity contribution is -0.128. The predicted molar refractivity (Wildman–Crippen MR) is 97.5 cm³/mol. The summed E-state index contributed by atoms with van der Waals surface area (Å²) < 4.78 is 32.9. The van der Waals surface area contributed by atoms with E-state index in [1.807, 2.05) is 0 Å². The van der Waals surface area contributed by atoms with E-state index in [9.17, 15) is 18.4 Å². The number of hydrogen-bond donors (Lipinski definition) is 2. The third-order valence-corrected chi connectivity index (χ3v) is 5.61. The molecule has 2 amide bonds. The quantitative estimate of drug-likeness (QED) is 0.791. The number of morpholine rings is 1. The molecule has 2 N–H and O–H groups in total. The number of halogens is 2. The first-order chi connectivity index (χ1) is 13.4. The predicted octanol–water partition coefficient (Wildman–Crippen LogP) is 0.726. The van der Waals surface area contributed by atoms with Crippen LogP contribution in [0.15, 0.2) is 12.1 Å². The summed E-state index contributed by atoms with van der Waals surface area (Å²) in [5.41, 5.74) is 0.635. The summed E-state index contributed by atoms with van der Waals surface area (Å²) in [5, 5.41) is 6.13. The van der Waals surface area contributed by atoms with Gasteiger partial charge in [0.05, 0.1) is 44.1 Å². The maximum atomic E-state index is 14.1. The summed E-state index contributed by atoms with van der Waals surface area (Å²) in [4.78, 5) is 28.8. The standard InChI is InChI=1S/C19H24F2N4O3/c1-11-8-12-14(3-2-13(20)19(12)21)25(11)18(27)9-15-22-16(10-17(26)23-15)24-4-6-28-7-5-24/h2-3,11,15-16,22H,4-10H2,1H3,(H,23,26). The molecule has 4 rings (SSSR count). The molecule has 2 saturated heterocycles. The topological polar surface area (TPSA) is 73.9 Å². The Kier molecular flexibility index (Phi) is 5.31. The normalized spacial score (nSPS) is 28.2. The van der Waals surface area contributed by atoms with Crippen molar-refractivity contribution in [2.75, 3.05) is 31.2 Å². The largest absolute Gasteiger partial charge is 0.379 e. The molecule has 7 nitrogen and oxygen atoms in total. The second-order valence-electron chi connectivity index (χ2n) is 7.54. The van der Waals surface area contributed by atoms with Gasteiger partial charge in [-0.1, -0.05) is 0 Å². The molecule has 0 aromatic heterocycles. The number of nitrogens with zero attached hydrogens (tertiary/aromatic N) is 2. The molecule has 0 saturated carbocycles. The Hall–Kier alpha value is -2.10. The molecule has 3 aliphatic heterocycles. The molecule has 2 fully saturated rings. The zero-order valence-corrected chi connectivity index (χ0v) is 15.7. The molecule has 9 heteroatoms. The highest BCUT2D eigenvalue weighted by molar-refractivity contribution is 5.96. The van der Waals surface area contributed by atoms with Crippen molar-refractivity contribution in [1.82, 2.24) is 15.5 Å². The van der Waals surface area contributed by atoms with Crippen LogP contribution in [0.25, 0.3) is 0 Å². The van der Waals surface area contributed by atoms with Crippen LogP contribution in [0.4, 0.5) is 14.5 Å². The van der Waals surface area contributed by atoms with E-state index in [0.717, 1.165) is 19.2 Å². The molecule has 28 heavy (non-hydrogen) atoms. The Morgan fingerprint density at radius 2 is 2.00 bits per heavy atom. The maximum Gasteiger partial charge on any atom is 0.230 e. The van der Waals surface area contributed by atoms with Gasteiger partial charge in [0.1, 0.15) is 0 Å². The minimum atomic E-state index is -0.908. The average molecular weight is 394 g/mol. The highest BCUT2D eigenvalue weighted by Crippen LogP contribution is 2.35. The van der Waals surface area contributed by atoms with Gasteiger partial charge in [0.15, 0.2) is 11.6 Å². The van der Waals surface area contributed by atoms with Crippen LogP contribution in [0.5, 0.6) is 0 Å². The van der Waals surface area contributed by atoms with E-state index in [1.54, 1.807) is 6.92 Å².